The summed E-state index contributed by atoms with van der Waals surface area (Å²) in [7, 11) is 1.60. The maximum atomic E-state index is 9.18. The van der Waals surface area contributed by atoms with Gasteiger partial charge in [-0.25, -0.2) is 4.98 Å². The minimum absolute atomic E-state index is 0.309. The highest BCUT2D eigenvalue weighted by Crippen LogP contribution is 2.32. The summed E-state index contributed by atoms with van der Waals surface area (Å²) in [6.45, 7) is 0. The van der Waals surface area contributed by atoms with Crippen LogP contribution >= 0.6 is 15.9 Å². The molecular formula is C15H11BrN4O. The first-order chi connectivity index (χ1) is 10.2. The molecule has 0 aliphatic rings. The molecule has 1 aromatic heterocycles. The molecule has 104 valence electrons. The van der Waals surface area contributed by atoms with Crippen LogP contribution in [-0.4, -0.2) is 16.7 Å². The number of hydrogen-bond donors (Lipinski definition) is 1. The van der Waals surface area contributed by atoms with Crippen molar-refractivity contribution in [2.24, 2.45) is 0 Å². The number of benzene rings is 2. The molecule has 3 aromatic rings. The zero-order valence-corrected chi connectivity index (χ0v) is 12.8. The van der Waals surface area contributed by atoms with Gasteiger partial charge in [0.2, 0.25) is 5.95 Å². The fourth-order valence-corrected chi connectivity index (χ4v) is 2.65. The van der Waals surface area contributed by atoms with E-state index in [-0.39, 0.29) is 0 Å². The van der Waals surface area contributed by atoms with Crippen LogP contribution in [0.4, 0.5) is 5.95 Å². The molecule has 0 amide bonds. The van der Waals surface area contributed by atoms with Gasteiger partial charge in [0.1, 0.15) is 17.3 Å². The maximum Gasteiger partial charge on any atom is 0.206 e. The van der Waals surface area contributed by atoms with Gasteiger partial charge < -0.3 is 10.5 Å². The Hall–Kier alpha value is -2.52. The van der Waals surface area contributed by atoms with Gasteiger partial charge in [0.25, 0.3) is 0 Å². The van der Waals surface area contributed by atoms with Gasteiger partial charge in [-0.2, -0.15) is 5.26 Å². The first-order valence-electron chi connectivity index (χ1n) is 6.16. The molecule has 0 spiro atoms. The van der Waals surface area contributed by atoms with Crippen LogP contribution in [0.5, 0.6) is 5.75 Å². The highest BCUT2D eigenvalue weighted by atomic mass is 79.9. The fourth-order valence-electron chi connectivity index (χ4n) is 2.30. The van der Waals surface area contributed by atoms with Crippen LogP contribution < -0.4 is 10.5 Å². The number of rotatable bonds is 2. The van der Waals surface area contributed by atoms with Gasteiger partial charge in [-0.3, -0.25) is 4.57 Å². The predicted octanol–water partition coefficient (Wildman–Crippen LogP) is 3.25. The Balaban J connectivity index is 2.39. The van der Waals surface area contributed by atoms with E-state index in [1.165, 1.54) is 0 Å². The van der Waals surface area contributed by atoms with Crippen molar-refractivity contribution in [1.29, 1.82) is 5.26 Å². The summed E-state index contributed by atoms with van der Waals surface area (Å²) in [6.07, 6.45) is 0. The number of imidazole rings is 1. The van der Waals surface area contributed by atoms with Crippen LogP contribution in [0.15, 0.2) is 40.9 Å². The van der Waals surface area contributed by atoms with Crippen LogP contribution in [0.2, 0.25) is 0 Å². The molecule has 2 N–H and O–H groups in total. The Morgan fingerprint density at radius 1 is 1.33 bits per heavy atom. The Bertz CT molecular complexity index is 879. The van der Waals surface area contributed by atoms with Gasteiger partial charge in [0.05, 0.1) is 23.9 Å². The van der Waals surface area contributed by atoms with Crippen molar-refractivity contribution >= 4 is 32.9 Å². The normalized spacial score (nSPS) is 10.5. The number of nitrogen functional groups attached to an aromatic ring is 1. The number of methoxy groups -OCH3 is 1. The van der Waals surface area contributed by atoms with Crippen molar-refractivity contribution < 1.29 is 4.74 Å². The summed E-state index contributed by atoms with van der Waals surface area (Å²) in [6, 6.07) is 13.2. The lowest BCUT2D eigenvalue weighted by atomic mass is 10.2. The van der Waals surface area contributed by atoms with Crippen LogP contribution in [0.3, 0.4) is 0 Å². The maximum absolute atomic E-state index is 9.18. The van der Waals surface area contributed by atoms with Gasteiger partial charge in [0.15, 0.2) is 0 Å². The van der Waals surface area contributed by atoms with E-state index >= 15 is 0 Å². The molecule has 0 saturated heterocycles. The molecule has 0 atom stereocenters. The van der Waals surface area contributed by atoms with E-state index in [1.54, 1.807) is 17.7 Å². The van der Waals surface area contributed by atoms with Crippen molar-refractivity contribution in [3.05, 3.63) is 46.4 Å². The van der Waals surface area contributed by atoms with E-state index in [9.17, 15) is 5.26 Å². The molecule has 0 fully saturated rings. The first kappa shape index (κ1) is 13.5. The van der Waals surface area contributed by atoms with E-state index in [4.69, 9.17) is 10.5 Å². The van der Waals surface area contributed by atoms with E-state index in [0.717, 1.165) is 15.7 Å². The molecule has 1 heterocycles. The lowest BCUT2D eigenvalue weighted by Gasteiger charge is -2.12. The summed E-state index contributed by atoms with van der Waals surface area (Å²) >= 11 is 3.45. The van der Waals surface area contributed by atoms with E-state index in [0.29, 0.717) is 22.8 Å². The third-order valence-electron chi connectivity index (χ3n) is 3.21. The molecule has 2 aromatic carbocycles. The predicted molar refractivity (Wildman–Crippen MR) is 84.4 cm³/mol. The minimum atomic E-state index is 0.309. The molecule has 3 rings (SSSR count). The third-order valence-corrected chi connectivity index (χ3v) is 3.71. The average molecular weight is 343 g/mol. The highest BCUT2D eigenvalue weighted by molar-refractivity contribution is 9.10. The van der Waals surface area contributed by atoms with Crippen LogP contribution in [0.1, 0.15) is 5.56 Å². The van der Waals surface area contributed by atoms with Crippen molar-refractivity contribution in [2.75, 3.05) is 12.8 Å². The van der Waals surface area contributed by atoms with Crippen molar-refractivity contribution in [3.63, 3.8) is 0 Å². The number of nitrogens with two attached hydrogens (primary N) is 1. The zero-order valence-electron chi connectivity index (χ0n) is 11.2. The Kier molecular flexibility index (Phi) is 3.28. The number of anilines is 1. The van der Waals surface area contributed by atoms with Gasteiger partial charge in [-0.05, 0) is 30.3 Å². The van der Waals surface area contributed by atoms with E-state index < -0.39 is 0 Å². The van der Waals surface area contributed by atoms with E-state index in [2.05, 4.69) is 27.0 Å². The summed E-state index contributed by atoms with van der Waals surface area (Å²) in [4.78, 5) is 4.31. The van der Waals surface area contributed by atoms with Gasteiger partial charge in [-0.15, -0.1) is 0 Å². The molecule has 0 saturated carbocycles. The van der Waals surface area contributed by atoms with E-state index in [1.807, 2.05) is 30.3 Å². The second-order valence-electron chi connectivity index (χ2n) is 4.41. The Morgan fingerprint density at radius 2 is 2.14 bits per heavy atom. The standard InChI is InChI=1S/C15H11BrN4O/c1-21-13-6-5-10(16)7-12(13)20-11-4-2-3-9(8-17)14(11)19-15(20)18/h2-7H,1H3,(H2,18,19). The largest absolute Gasteiger partial charge is 0.495 e. The number of hydrogen-bond acceptors (Lipinski definition) is 4. The van der Waals surface area contributed by atoms with Gasteiger partial charge >= 0.3 is 0 Å². The topological polar surface area (TPSA) is 76.9 Å². The molecule has 0 aliphatic heterocycles. The zero-order chi connectivity index (χ0) is 15.0. The number of nitrogens with zero attached hydrogens (tertiary/aromatic N) is 3. The second-order valence-corrected chi connectivity index (χ2v) is 5.32. The summed E-state index contributed by atoms with van der Waals surface area (Å²) in [5.74, 6) is 0.982. The molecule has 5 nitrogen and oxygen atoms in total. The molecular weight excluding hydrogens is 332 g/mol. The number of fused-ring (bicyclic) bond motifs is 1. The molecule has 6 heteroatoms. The summed E-state index contributed by atoms with van der Waals surface area (Å²) in [5, 5.41) is 9.18. The highest BCUT2D eigenvalue weighted by Gasteiger charge is 2.16. The average Bonchev–Trinajstić information content (AvgIpc) is 2.82. The molecule has 0 aliphatic carbocycles. The number of para-hydroxylation sites is 1. The van der Waals surface area contributed by atoms with Crippen molar-refractivity contribution in [2.45, 2.75) is 0 Å². The Labute approximate surface area is 129 Å². The quantitative estimate of drug-likeness (QED) is 0.775. The van der Waals surface area contributed by atoms with Crippen LogP contribution in [-0.2, 0) is 0 Å². The number of aromatic nitrogens is 2. The second kappa shape index (κ2) is 5.11. The van der Waals surface area contributed by atoms with Crippen LogP contribution in [0, 0.1) is 11.3 Å². The van der Waals surface area contributed by atoms with Crippen molar-refractivity contribution in [1.82, 2.24) is 9.55 Å². The lowest BCUT2D eigenvalue weighted by Crippen LogP contribution is -2.02. The monoisotopic (exact) mass is 342 g/mol. The lowest BCUT2D eigenvalue weighted by molar-refractivity contribution is 0.413. The number of nitriles is 1. The number of halogens is 1. The van der Waals surface area contributed by atoms with Gasteiger partial charge in [0, 0.05) is 4.47 Å². The van der Waals surface area contributed by atoms with Crippen molar-refractivity contribution in [3.8, 4) is 17.5 Å². The smallest absolute Gasteiger partial charge is 0.206 e. The molecule has 0 unspecified atom stereocenters. The molecule has 0 bridgehead atoms. The van der Waals surface area contributed by atoms with Gasteiger partial charge in [-0.1, -0.05) is 22.0 Å². The molecule has 21 heavy (non-hydrogen) atoms. The Morgan fingerprint density at radius 3 is 2.86 bits per heavy atom. The summed E-state index contributed by atoms with van der Waals surface area (Å²) in [5.41, 5.74) is 8.66. The number of ether oxygens (including phenoxy) is 1. The minimum Gasteiger partial charge on any atom is -0.495 e. The first-order valence-corrected chi connectivity index (χ1v) is 6.96. The fraction of sp³-hybridized carbons (Fsp3) is 0.0667. The summed E-state index contributed by atoms with van der Waals surface area (Å²) < 4.78 is 8.07. The van der Waals surface area contributed by atoms with Crippen LogP contribution in [0.25, 0.3) is 16.7 Å². The molecule has 0 radical (unpaired) electrons. The SMILES string of the molecule is COc1ccc(Br)cc1-n1c(N)nc2c(C#N)cccc21. The third kappa shape index (κ3) is 2.12.